The predicted octanol–water partition coefficient (Wildman–Crippen LogP) is 6.79. The van der Waals surface area contributed by atoms with Gasteiger partial charge in [0.15, 0.2) is 0 Å². The zero-order valence-electron chi connectivity index (χ0n) is 13.7. The Labute approximate surface area is 149 Å². The highest BCUT2D eigenvalue weighted by Gasteiger charge is 2.08. The molecule has 0 radical (unpaired) electrons. The first kappa shape index (κ1) is 18.2. The molecule has 1 nitrogen and oxygen atoms in total. The molecule has 0 amide bonds. The van der Waals surface area contributed by atoms with Crippen LogP contribution in [0.3, 0.4) is 0 Å². The summed E-state index contributed by atoms with van der Waals surface area (Å²) < 4.78 is 6.05. The third-order valence-corrected chi connectivity index (χ3v) is 4.49. The third kappa shape index (κ3) is 5.44. The van der Waals surface area contributed by atoms with Crippen LogP contribution in [-0.2, 0) is 11.8 Å². The van der Waals surface area contributed by atoms with Gasteiger partial charge in [-0.3, -0.25) is 0 Å². The Bertz CT molecular complexity index is 593. The van der Waals surface area contributed by atoms with E-state index in [2.05, 4.69) is 49.4 Å². The molecular weight excluding hydrogens is 327 g/mol. The van der Waals surface area contributed by atoms with E-state index in [-0.39, 0.29) is 0 Å². The van der Waals surface area contributed by atoms with Crippen LogP contribution < -0.4 is 4.74 Å². The molecule has 2 aromatic carbocycles. The maximum Gasteiger partial charge on any atom is 0.127 e. The molecule has 0 atom stereocenters. The molecule has 3 heteroatoms. The van der Waals surface area contributed by atoms with Crippen molar-refractivity contribution >= 4 is 23.2 Å². The van der Waals surface area contributed by atoms with E-state index in [0.29, 0.717) is 11.8 Å². The van der Waals surface area contributed by atoms with Gasteiger partial charge in [-0.15, -0.1) is 23.2 Å². The smallest absolute Gasteiger partial charge is 0.127 e. The maximum absolute atomic E-state index is 6.05. The Morgan fingerprint density at radius 1 is 0.826 bits per heavy atom. The Balaban J connectivity index is 2.16. The molecule has 124 valence electrons. The lowest BCUT2D eigenvalue weighted by Gasteiger charge is -2.13. The topological polar surface area (TPSA) is 9.23 Å². The van der Waals surface area contributed by atoms with Crippen LogP contribution in [0, 0.1) is 0 Å². The maximum atomic E-state index is 6.05. The Kier molecular flexibility index (Phi) is 7.78. The highest BCUT2D eigenvalue weighted by atomic mass is 35.5. The van der Waals surface area contributed by atoms with E-state index >= 15 is 0 Å². The number of benzene rings is 2. The molecule has 0 aliphatic carbocycles. The van der Waals surface area contributed by atoms with E-state index < -0.39 is 0 Å². The van der Waals surface area contributed by atoms with Crippen molar-refractivity contribution in [3.63, 3.8) is 0 Å². The van der Waals surface area contributed by atoms with Crippen molar-refractivity contribution in [1.29, 1.82) is 0 Å². The summed E-state index contributed by atoms with van der Waals surface area (Å²) in [4.78, 5) is 0. The molecule has 0 saturated carbocycles. The van der Waals surface area contributed by atoms with Crippen LogP contribution in [0.25, 0.3) is 11.1 Å². The zero-order valence-corrected chi connectivity index (χ0v) is 15.2. The van der Waals surface area contributed by atoms with Crippen LogP contribution in [0.2, 0.25) is 0 Å². The molecule has 0 unspecified atom stereocenters. The second kappa shape index (κ2) is 9.85. The minimum atomic E-state index is 0.498. The molecule has 0 aliphatic heterocycles. The Morgan fingerprint density at radius 2 is 1.52 bits per heavy atom. The van der Waals surface area contributed by atoms with Crippen molar-refractivity contribution in [3.8, 4) is 16.9 Å². The fourth-order valence-corrected chi connectivity index (χ4v) is 2.84. The molecule has 0 N–H and O–H groups in total. The minimum absolute atomic E-state index is 0.498. The van der Waals surface area contributed by atoms with Gasteiger partial charge in [-0.2, -0.15) is 0 Å². The van der Waals surface area contributed by atoms with Crippen molar-refractivity contribution in [2.75, 3.05) is 6.61 Å². The monoisotopic (exact) mass is 350 g/mol. The van der Waals surface area contributed by atoms with Gasteiger partial charge in [0.1, 0.15) is 5.75 Å². The van der Waals surface area contributed by atoms with E-state index in [4.69, 9.17) is 27.9 Å². The van der Waals surface area contributed by atoms with Crippen molar-refractivity contribution < 1.29 is 4.74 Å². The molecule has 0 fully saturated rings. The SMILES string of the molecule is CCCCCCOc1cc(CCl)ccc1-c1ccc(CCl)cc1. The summed E-state index contributed by atoms with van der Waals surface area (Å²) >= 11 is 11.8. The first-order chi connectivity index (χ1) is 11.3. The van der Waals surface area contributed by atoms with E-state index in [1.165, 1.54) is 19.3 Å². The molecule has 0 heterocycles. The highest BCUT2D eigenvalue weighted by Crippen LogP contribution is 2.32. The van der Waals surface area contributed by atoms with Gasteiger partial charge in [-0.1, -0.05) is 62.6 Å². The first-order valence-corrected chi connectivity index (χ1v) is 9.32. The molecule has 0 aromatic heterocycles. The van der Waals surface area contributed by atoms with Gasteiger partial charge in [0.25, 0.3) is 0 Å². The molecule has 23 heavy (non-hydrogen) atoms. The van der Waals surface area contributed by atoms with Gasteiger partial charge < -0.3 is 4.74 Å². The lowest BCUT2D eigenvalue weighted by molar-refractivity contribution is 0.306. The van der Waals surface area contributed by atoms with E-state index in [0.717, 1.165) is 41.0 Å². The quantitative estimate of drug-likeness (QED) is 0.357. The number of alkyl halides is 2. The number of rotatable bonds is 9. The summed E-state index contributed by atoms with van der Waals surface area (Å²) in [5, 5.41) is 0. The normalized spacial score (nSPS) is 10.7. The summed E-state index contributed by atoms with van der Waals surface area (Å²) in [5.74, 6) is 1.95. The van der Waals surface area contributed by atoms with E-state index in [1.807, 2.05) is 0 Å². The lowest BCUT2D eigenvalue weighted by Crippen LogP contribution is -1.99. The van der Waals surface area contributed by atoms with Gasteiger partial charge in [-0.25, -0.2) is 0 Å². The van der Waals surface area contributed by atoms with Crippen LogP contribution >= 0.6 is 23.2 Å². The number of ether oxygens (including phenoxy) is 1. The summed E-state index contributed by atoms with van der Waals surface area (Å²) in [5.41, 5.74) is 4.45. The standard InChI is InChI=1S/C20H24Cl2O/c1-2-3-4-5-12-23-20-13-17(15-22)8-11-19(20)18-9-6-16(14-21)7-10-18/h6-11,13H,2-5,12,14-15H2,1H3. The van der Waals surface area contributed by atoms with Gasteiger partial charge in [0, 0.05) is 17.3 Å². The predicted molar refractivity (Wildman–Crippen MR) is 101 cm³/mol. The third-order valence-electron chi connectivity index (χ3n) is 3.88. The molecule has 0 saturated heterocycles. The largest absolute Gasteiger partial charge is 0.493 e. The van der Waals surface area contributed by atoms with Crippen LogP contribution in [0.1, 0.15) is 43.7 Å². The van der Waals surface area contributed by atoms with Crippen molar-refractivity contribution in [1.82, 2.24) is 0 Å². The number of unbranched alkanes of at least 4 members (excludes halogenated alkanes) is 3. The van der Waals surface area contributed by atoms with Crippen LogP contribution in [0.4, 0.5) is 0 Å². The minimum Gasteiger partial charge on any atom is -0.493 e. The van der Waals surface area contributed by atoms with Gasteiger partial charge >= 0.3 is 0 Å². The second-order valence-electron chi connectivity index (χ2n) is 5.70. The van der Waals surface area contributed by atoms with Gasteiger partial charge in [0.05, 0.1) is 6.61 Å². The number of hydrogen-bond donors (Lipinski definition) is 0. The molecule has 0 aliphatic rings. The summed E-state index contributed by atoms with van der Waals surface area (Å²) in [7, 11) is 0. The first-order valence-electron chi connectivity index (χ1n) is 8.25. The van der Waals surface area contributed by atoms with Crippen LogP contribution in [-0.4, -0.2) is 6.61 Å². The van der Waals surface area contributed by atoms with Crippen LogP contribution in [0.5, 0.6) is 5.75 Å². The molecular formula is C20H24Cl2O. The van der Waals surface area contributed by atoms with Crippen LogP contribution in [0.15, 0.2) is 42.5 Å². The van der Waals surface area contributed by atoms with Crippen molar-refractivity contribution in [2.45, 2.75) is 44.4 Å². The fourth-order valence-electron chi connectivity index (χ4n) is 2.49. The van der Waals surface area contributed by atoms with Gasteiger partial charge in [-0.05, 0) is 29.2 Å². The molecule has 2 rings (SSSR count). The average molecular weight is 351 g/mol. The number of halogens is 2. The summed E-state index contributed by atoms with van der Waals surface area (Å²) in [6.45, 7) is 2.96. The summed E-state index contributed by atoms with van der Waals surface area (Å²) in [6, 6.07) is 14.5. The van der Waals surface area contributed by atoms with Gasteiger partial charge in [0.2, 0.25) is 0 Å². The lowest BCUT2D eigenvalue weighted by atomic mass is 10.0. The highest BCUT2D eigenvalue weighted by molar-refractivity contribution is 6.17. The van der Waals surface area contributed by atoms with E-state index in [1.54, 1.807) is 0 Å². The Morgan fingerprint density at radius 3 is 2.17 bits per heavy atom. The van der Waals surface area contributed by atoms with Crippen molar-refractivity contribution in [3.05, 3.63) is 53.6 Å². The Hall–Kier alpha value is -1.18. The van der Waals surface area contributed by atoms with E-state index in [9.17, 15) is 0 Å². The molecule has 0 spiro atoms. The average Bonchev–Trinajstić information content (AvgIpc) is 2.61. The zero-order chi connectivity index (χ0) is 16.5. The fraction of sp³-hybridized carbons (Fsp3) is 0.400. The molecule has 2 aromatic rings. The summed E-state index contributed by atoms with van der Waals surface area (Å²) in [6.07, 6.45) is 4.80. The second-order valence-corrected chi connectivity index (χ2v) is 6.24. The van der Waals surface area contributed by atoms with Crippen molar-refractivity contribution in [2.24, 2.45) is 0 Å². The number of hydrogen-bond acceptors (Lipinski definition) is 1. The molecule has 0 bridgehead atoms.